The number of hydrogen-bond donors (Lipinski definition) is 2. The number of carbonyl (C=O) groups is 1. The first-order valence-corrected chi connectivity index (χ1v) is 5.51. The second-order valence-electron chi connectivity index (χ2n) is 3.84. The first kappa shape index (κ1) is 10.4. The molecule has 0 radical (unpaired) electrons. The molecule has 86 valence electrons. The average Bonchev–Trinajstić information content (AvgIpc) is 2.76. The number of rotatable bonds is 0. The monoisotopic (exact) mass is 248 g/mol. The lowest BCUT2D eigenvalue weighted by atomic mass is 10.1. The summed E-state index contributed by atoms with van der Waals surface area (Å²) in [6.45, 7) is 0. The number of anilines is 1. The van der Waals surface area contributed by atoms with Crippen LogP contribution in [0.4, 0.5) is 5.69 Å². The second-order valence-corrected chi connectivity index (χ2v) is 4.28. The van der Waals surface area contributed by atoms with E-state index in [2.05, 4.69) is 5.32 Å². The Balaban J connectivity index is 2.25. The van der Waals surface area contributed by atoms with Crippen LogP contribution < -0.4 is 5.32 Å². The van der Waals surface area contributed by atoms with Gasteiger partial charge in [-0.1, -0.05) is 11.6 Å². The van der Waals surface area contributed by atoms with Crippen molar-refractivity contribution in [1.29, 1.82) is 0 Å². The largest absolute Gasteiger partial charge is 0.368 e. The van der Waals surface area contributed by atoms with Gasteiger partial charge in [-0.25, -0.2) is 0 Å². The zero-order chi connectivity index (χ0) is 12.0. The predicted octanol–water partition coefficient (Wildman–Crippen LogP) is 2.25. The number of benzene rings is 1. The summed E-state index contributed by atoms with van der Waals surface area (Å²) in [4.78, 5) is 12.2. The normalized spacial score (nSPS) is 18.0. The maximum absolute atomic E-state index is 12.2. The smallest absolute Gasteiger partial charge is 0.264 e. The minimum atomic E-state index is -0.906. The molecule has 0 spiro atoms. The van der Waals surface area contributed by atoms with E-state index in [9.17, 15) is 9.90 Å². The van der Waals surface area contributed by atoms with Crippen molar-refractivity contribution in [2.24, 2.45) is 0 Å². The van der Waals surface area contributed by atoms with Crippen LogP contribution in [0.2, 0.25) is 5.02 Å². The van der Waals surface area contributed by atoms with E-state index >= 15 is 0 Å². The van der Waals surface area contributed by atoms with Gasteiger partial charge in [-0.2, -0.15) is 0 Å². The van der Waals surface area contributed by atoms with E-state index in [0.717, 1.165) is 0 Å². The summed E-state index contributed by atoms with van der Waals surface area (Å²) < 4.78 is 1.42. The fraction of sp³-hybridized carbons (Fsp3) is 0.0833. The van der Waals surface area contributed by atoms with E-state index in [1.54, 1.807) is 36.5 Å². The van der Waals surface area contributed by atoms with E-state index in [1.165, 1.54) is 4.57 Å². The third kappa shape index (κ3) is 1.53. The highest BCUT2D eigenvalue weighted by atomic mass is 35.5. The van der Waals surface area contributed by atoms with E-state index in [4.69, 9.17) is 11.6 Å². The molecular formula is C12H9ClN2O2. The molecular weight excluding hydrogens is 240 g/mol. The van der Waals surface area contributed by atoms with Crippen LogP contribution in [0.1, 0.15) is 22.3 Å². The van der Waals surface area contributed by atoms with Crippen molar-refractivity contribution >= 4 is 23.2 Å². The zero-order valence-corrected chi connectivity index (χ0v) is 9.48. The van der Waals surface area contributed by atoms with Crippen molar-refractivity contribution in [3.63, 3.8) is 0 Å². The molecule has 3 rings (SSSR count). The summed E-state index contributed by atoms with van der Waals surface area (Å²) in [5.41, 5.74) is 1.55. The fourth-order valence-corrected chi connectivity index (χ4v) is 2.14. The predicted molar refractivity (Wildman–Crippen MR) is 64.2 cm³/mol. The number of hydrogen-bond acceptors (Lipinski definition) is 3. The lowest BCUT2D eigenvalue weighted by molar-refractivity contribution is 0.0950. The number of fused-ring (bicyclic) bond motifs is 2. The SMILES string of the molecule is O=C1c2cc(Cl)ccc2N[C@@H](O)c2cccn21. The fourth-order valence-electron chi connectivity index (χ4n) is 1.97. The molecule has 2 aromatic rings. The van der Waals surface area contributed by atoms with Gasteiger partial charge in [0.1, 0.15) is 0 Å². The summed E-state index contributed by atoms with van der Waals surface area (Å²) in [6, 6.07) is 8.37. The first-order valence-electron chi connectivity index (χ1n) is 5.13. The Bertz CT molecular complexity index is 606. The Morgan fingerprint density at radius 2 is 2.18 bits per heavy atom. The molecule has 0 saturated carbocycles. The minimum absolute atomic E-state index is 0.202. The highest BCUT2D eigenvalue weighted by Crippen LogP contribution is 2.29. The topological polar surface area (TPSA) is 54.3 Å². The average molecular weight is 249 g/mol. The van der Waals surface area contributed by atoms with Gasteiger partial charge < -0.3 is 10.4 Å². The summed E-state index contributed by atoms with van der Waals surface area (Å²) >= 11 is 5.88. The number of aliphatic hydroxyl groups excluding tert-OH is 1. The Hall–Kier alpha value is -1.78. The van der Waals surface area contributed by atoms with Gasteiger partial charge in [-0.15, -0.1) is 0 Å². The van der Waals surface area contributed by atoms with E-state index in [1.807, 2.05) is 0 Å². The van der Waals surface area contributed by atoms with Gasteiger partial charge in [0.2, 0.25) is 0 Å². The Kier molecular flexibility index (Phi) is 2.21. The molecule has 2 N–H and O–H groups in total. The van der Waals surface area contributed by atoms with Gasteiger partial charge in [0.25, 0.3) is 5.91 Å². The summed E-state index contributed by atoms with van der Waals surface area (Å²) in [6.07, 6.45) is 0.717. The van der Waals surface area contributed by atoms with E-state index < -0.39 is 6.23 Å². The number of aliphatic hydroxyl groups is 1. The standard InChI is InChI=1S/C12H9ClN2O2/c13-7-3-4-9-8(6-7)12(17)15-5-1-2-10(15)11(16)14-9/h1-6,11,14,16H/t11-/m0/s1. The molecule has 1 aliphatic heterocycles. The van der Waals surface area contributed by atoms with Crippen LogP contribution in [-0.2, 0) is 0 Å². The van der Waals surface area contributed by atoms with Crippen LogP contribution >= 0.6 is 11.6 Å². The highest BCUT2D eigenvalue weighted by molar-refractivity contribution is 6.31. The number of carbonyl (C=O) groups excluding carboxylic acids is 1. The molecule has 0 aliphatic carbocycles. The molecule has 5 heteroatoms. The molecule has 17 heavy (non-hydrogen) atoms. The molecule has 1 atom stereocenters. The number of aromatic nitrogens is 1. The van der Waals surface area contributed by atoms with Gasteiger partial charge >= 0.3 is 0 Å². The van der Waals surface area contributed by atoms with E-state index in [0.29, 0.717) is 22.0 Å². The van der Waals surface area contributed by atoms with Crippen LogP contribution in [0.5, 0.6) is 0 Å². The molecule has 1 aliphatic rings. The molecule has 0 amide bonds. The van der Waals surface area contributed by atoms with Gasteiger partial charge in [-0.05, 0) is 30.3 Å². The van der Waals surface area contributed by atoms with Crippen LogP contribution in [-0.4, -0.2) is 15.6 Å². The molecule has 4 nitrogen and oxygen atoms in total. The van der Waals surface area contributed by atoms with Crippen molar-refractivity contribution in [2.45, 2.75) is 6.23 Å². The number of nitrogens with zero attached hydrogens (tertiary/aromatic N) is 1. The second kappa shape index (κ2) is 3.61. The Morgan fingerprint density at radius 1 is 1.35 bits per heavy atom. The molecule has 1 aromatic carbocycles. The Labute approximate surface area is 102 Å². The Morgan fingerprint density at radius 3 is 3.00 bits per heavy atom. The number of nitrogens with one attached hydrogen (secondary N) is 1. The molecule has 0 saturated heterocycles. The van der Waals surface area contributed by atoms with Crippen LogP contribution in [0.3, 0.4) is 0 Å². The van der Waals surface area contributed by atoms with Crippen LogP contribution in [0.15, 0.2) is 36.5 Å². The summed E-state index contributed by atoms with van der Waals surface area (Å²) in [7, 11) is 0. The highest BCUT2D eigenvalue weighted by Gasteiger charge is 2.24. The van der Waals surface area contributed by atoms with Crippen molar-refractivity contribution < 1.29 is 9.90 Å². The lowest BCUT2D eigenvalue weighted by Gasteiger charge is -2.11. The van der Waals surface area contributed by atoms with Crippen molar-refractivity contribution in [1.82, 2.24) is 4.57 Å². The molecule has 0 unspecified atom stereocenters. The van der Waals surface area contributed by atoms with Crippen LogP contribution in [0.25, 0.3) is 0 Å². The zero-order valence-electron chi connectivity index (χ0n) is 8.72. The van der Waals surface area contributed by atoms with E-state index in [-0.39, 0.29) is 5.91 Å². The van der Waals surface area contributed by atoms with Crippen LogP contribution in [0, 0.1) is 0 Å². The maximum Gasteiger partial charge on any atom is 0.264 e. The molecule has 0 bridgehead atoms. The van der Waals surface area contributed by atoms with Crippen molar-refractivity contribution in [2.75, 3.05) is 5.32 Å². The molecule has 0 fully saturated rings. The summed E-state index contributed by atoms with van der Waals surface area (Å²) in [5.74, 6) is -0.202. The van der Waals surface area contributed by atoms with Gasteiger partial charge in [0.15, 0.2) is 6.23 Å². The van der Waals surface area contributed by atoms with Gasteiger partial charge in [-0.3, -0.25) is 9.36 Å². The summed E-state index contributed by atoms with van der Waals surface area (Å²) in [5, 5.41) is 13.3. The maximum atomic E-state index is 12.2. The third-order valence-electron chi connectivity index (χ3n) is 2.78. The number of halogens is 1. The van der Waals surface area contributed by atoms with Crippen molar-refractivity contribution in [3.8, 4) is 0 Å². The van der Waals surface area contributed by atoms with Crippen molar-refractivity contribution in [3.05, 3.63) is 52.8 Å². The molecule has 2 heterocycles. The third-order valence-corrected chi connectivity index (χ3v) is 3.02. The lowest BCUT2D eigenvalue weighted by Crippen LogP contribution is -2.14. The molecule has 1 aromatic heterocycles. The van der Waals surface area contributed by atoms with Gasteiger partial charge in [0.05, 0.1) is 11.3 Å². The quantitative estimate of drug-likeness (QED) is 0.752. The van der Waals surface area contributed by atoms with Gasteiger partial charge in [0, 0.05) is 16.9 Å². The first-order chi connectivity index (χ1) is 8.16. The minimum Gasteiger partial charge on any atom is -0.368 e.